The number of halogens is 2. The fraction of sp³-hybridized carbons (Fsp3) is 0.250. The zero-order valence-corrected chi connectivity index (χ0v) is 19.4. The lowest BCUT2D eigenvalue weighted by Crippen LogP contribution is -2.15. The standard InChI is InChI=1S/C24H23F2NO5S/c1-14-11-20(15(2)27(14)16-5-7-17(8-6-16)32-24(25)26)21(28)13-31-23(29)19-10-9-18(33-4)12-22(19)30-3/h5-12,24H,13H2,1-4H3. The predicted octanol–water partition coefficient (Wildman–Crippen LogP) is 5.47. The van der Waals surface area contributed by atoms with Crippen LogP contribution in [0.15, 0.2) is 53.4 Å². The van der Waals surface area contributed by atoms with E-state index in [9.17, 15) is 18.4 Å². The third kappa shape index (κ3) is 5.54. The van der Waals surface area contributed by atoms with Crippen LogP contribution in [0.3, 0.4) is 0 Å². The number of methoxy groups -OCH3 is 1. The van der Waals surface area contributed by atoms with Gasteiger partial charge >= 0.3 is 12.6 Å². The van der Waals surface area contributed by atoms with Gasteiger partial charge < -0.3 is 18.8 Å². The van der Waals surface area contributed by atoms with Crippen molar-refractivity contribution in [2.45, 2.75) is 25.4 Å². The molecular weight excluding hydrogens is 452 g/mol. The number of nitrogens with zero attached hydrogens (tertiary/aromatic N) is 1. The van der Waals surface area contributed by atoms with Crippen LogP contribution in [0.5, 0.6) is 11.5 Å². The van der Waals surface area contributed by atoms with E-state index in [1.165, 1.54) is 31.0 Å². The van der Waals surface area contributed by atoms with Gasteiger partial charge in [-0.05, 0) is 68.6 Å². The molecular formula is C24H23F2NO5S. The lowest BCUT2D eigenvalue weighted by atomic mass is 10.1. The third-order valence-electron chi connectivity index (χ3n) is 5.01. The van der Waals surface area contributed by atoms with Crippen molar-refractivity contribution >= 4 is 23.5 Å². The van der Waals surface area contributed by atoms with Crippen LogP contribution in [0.2, 0.25) is 0 Å². The Hall–Kier alpha value is -3.33. The van der Waals surface area contributed by atoms with Crippen LogP contribution in [0.25, 0.3) is 5.69 Å². The Balaban J connectivity index is 1.74. The summed E-state index contributed by atoms with van der Waals surface area (Å²) in [6, 6.07) is 12.9. The van der Waals surface area contributed by atoms with Crippen molar-refractivity contribution in [3.63, 3.8) is 0 Å². The summed E-state index contributed by atoms with van der Waals surface area (Å²) >= 11 is 1.51. The summed E-state index contributed by atoms with van der Waals surface area (Å²) in [6.45, 7) is 0.242. The maximum atomic E-state index is 12.8. The molecule has 3 aromatic rings. The number of carbonyl (C=O) groups is 2. The molecule has 33 heavy (non-hydrogen) atoms. The molecule has 0 aliphatic heterocycles. The molecule has 0 radical (unpaired) electrons. The maximum absolute atomic E-state index is 12.8. The second-order valence-electron chi connectivity index (χ2n) is 7.06. The van der Waals surface area contributed by atoms with Crippen molar-refractivity contribution in [1.29, 1.82) is 0 Å². The third-order valence-corrected chi connectivity index (χ3v) is 5.74. The molecule has 0 saturated heterocycles. The van der Waals surface area contributed by atoms with Crippen LogP contribution in [0.4, 0.5) is 8.78 Å². The van der Waals surface area contributed by atoms with Crippen molar-refractivity contribution in [1.82, 2.24) is 4.57 Å². The monoisotopic (exact) mass is 475 g/mol. The summed E-state index contributed by atoms with van der Waals surface area (Å²) in [6.07, 6.45) is 1.91. The number of carbonyl (C=O) groups excluding carboxylic acids is 2. The van der Waals surface area contributed by atoms with E-state index in [0.29, 0.717) is 22.7 Å². The van der Waals surface area contributed by atoms with Gasteiger partial charge in [0.15, 0.2) is 6.61 Å². The number of aryl methyl sites for hydroxylation is 1. The zero-order chi connectivity index (χ0) is 24.1. The maximum Gasteiger partial charge on any atom is 0.387 e. The highest BCUT2D eigenvalue weighted by Gasteiger charge is 2.20. The van der Waals surface area contributed by atoms with E-state index in [0.717, 1.165) is 10.6 Å². The zero-order valence-electron chi connectivity index (χ0n) is 18.6. The van der Waals surface area contributed by atoms with Gasteiger partial charge in [-0.1, -0.05) is 0 Å². The van der Waals surface area contributed by atoms with Crippen LogP contribution in [-0.4, -0.2) is 42.9 Å². The number of hydrogen-bond donors (Lipinski definition) is 0. The van der Waals surface area contributed by atoms with E-state index in [4.69, 9.17) is 9.47 Å². The minimum absolute atomic E-state index is 0.0421. The minimum Gasteiger partial charge on any atom is -0.496 e. The molecule has 0 saturated carbocycles. The molecule has 0 atom stereocenters. The molecule has 174 valence electrons. The smallest absolute Gasteiger partial charge is 0.387 e. The van der Waals surface area contributed by atoms with Gasteiger partial charge in [0, 0.05) is 27.5 Å². The molecule has 0 bridgehead atoms. The predicted molar refractivity (Wildman–Crippen MR) is 121 cm³/mol. The van der Waals surface area contributed by atoms with Crippen molar-refractivity contribution in [2.24, 2.45) is 0 Å². The van der Waals surface area contributed by atoms with E-state index >= 15 is 0 Å². The second-order valence-corrected chi connectivity index (χ2v) is 7.94. The van der Waals surface area contributed by atoms with Gasteiger partial charge in [0.1, 0.15) is 17.1 Å². The van der Waals surface area contributed by atoms with Gasteiger partial charge in [-0.2, -0.15) is 8.78 Å². The van der Waals surface area contributed by atoms with E-state index in [2.05, 4.69) is 4.74 Å². The Morgan fingerprint density at radius 1 is 1.03 bits per heavy atom. The van der Waals surface area contributed by atoms with Gasteiger partial charge in [0.2, 0.25) is 5.78 Å². The molecule has 3 rings (SSSR count). The van der Waals surface area contributed by atoms with Crippen LogP contribution in [0, 0.1) is 13.8 Å². The summed E-state index contributed by atoms with van der Waals surface area (Å²) in [4.78, 5) is 26.2. The van der Waals surface area contributed by atoms with Crippen LogP contribution < -0.4 is 9.47 Å². The van der Waals surface area contributed by atoms with E-state index in [-0.39, 0.29) is 17.1 Å². The SMILES string of the molecule is COc1cc(SC)ccc1C(=O)OCC(=O)c1cc(C)n(-c2ccc(OC(F)F)cc2)c1C. The summed E-state index contributed by atoms with van der Waals surface area (Å²) in [5.74, 6) is -0.603. The van der Waals surface area contributed by atoms with E-state index in [1.54, 1.807) is 43.3 Å². The molecule has 0 unspecified atom stereocenters. The Labute approximate surface area is 194 Å². The number of thioether (sulfide) groups is 1. The van der Waals surface area contributed by atoms with Crippen molar-refractivity contribution in [3.8, 4) is 17.2 Å². The van der Waals surface area contributed by atoms with Gasteiger partial charge in [-0.15, -0.1) is 11.8 Å². The number of alkyl halides is 2. The molecule has 0 spiro atoms. The van der Waals surface area contributed by atoms with E-state index < -0.39 is 19.2 Å². The van der Waals surface area contributed by atoms with Crippen molar-refractivity contribution < 1.29 is 32.6 Å². The first-order chi connectivity index (χ1) is 15.7. The number of Topliss-reactive ketones (excluding diaryl/α,β-unsaturated/α-hetero) is 1. The Morgan fingerprint density at radius 2 is 1.73 bits per heavy atom. The minimum atomic E-state index is -2.90. The molecule has 0 N–H and O–H groups in total. The van der Waals surface area contributed by atoms with Gasteiger partial charge in [-0.25, -0.2) is 4.79 Å². The average Bonchev–Trinajstić information content (AvgIpc) is 3.10. The molecule has 1 heterocycles. The largest absolute Gasteiger partial charge is 0.496 e. The molecule has 9 heteroatoms. The number of ketones is 1. The van der Waals surface area contributed by atoms with E-state index in [1.807, 2.05) is 17.7 Å². The van der Waals surface area contributed by atoms with Crippen LogP contribution >= 0.6 is 11.8 Å². The molecule has 0 fully saturated rings. The summed E-state index contributed by atoms with van der Waals surface area (Å²) in [5, 5.41) is 0. The Morgan fingerprint density at radius 3 is 2.33 bits per heavy atom. The number of benzene rings is 2. The summed E-state index contributed by atoms with van der Waals surface area (Å²) < 4.78 is 41.4. The number of aromatic nitrogens is 1. The highest BCUT2D eigenvalue weighted by atomic mass is 32.2. The molecule has 0 amide bonds. The Kier molecular flexibility index (Phi) is 7.75. The number of hydrogen-bond acceptors (Lipinski definition) is 6. The van der Waals surface area contributed by atoms with Crippen LogP contribution in [0.1, 0.15) is 32.1 Å². The van der Waals surface area contributed by atoms with Gasteiger partial charge in [-0.3, -0.25) is 4.79 Å². The second kappa shape index (κ2) is 10.5. The summed E-state index contributed by atoms with van der Waals surface area (Å²) in [7, 11) is 1.46. The van der Waals surface area contributed by atoms with Crippen LogP contribution in [-0.2, 0) is 4.74 Å². The first-order valence-corrected chi connectivity index (χ1v) is 11.1. The molecule has 0 aliphatic rings. The van der Waals surface area contributed by atoms with Gasteiger partial charge in [0.25, 0.3) is 0 Å². The highest BCUT2D eigenvalue weighted by molar-refractivity contribution is 7.98. The lowest BCUT2D eigenvalue weighted by molar-refractivity contribution is -0.0498. The molecule has 2 aromatic carbocycles. The number of rotatable bonds is 9. The fourth-order valence-corrected chi connectivity index (χ4v) is 3.90. The topological polar surface area (TPSA) is 66.8 Å². The Bertz CT molecular complexity index is 1160. The first-order valence-electron chi connectivity index (χ1n) is 9.91. The van der Waals surface area contributed by atoms with Crippen molar-refractivity contribution in [2.75, 3.05) is 20.0 Å². The lowest BCUT2D eigenvalue weighted by Gasteiger charge is -2.12. The van der Waals surface area contributed by atoms with Crippen molar-refractivity contribution in [3.05, 3.63) is 71.0 Å². The average molecular weight is 476 g/mol. The quantitative estimate of drug-likeness (QED) is 0.232. The number of ether oxygens (including phenoxy) is 3. The molecule has 6 nitrogen and oxygen atoms in total. The molecule has 0 aliphatic carbocycles. The van der Waals surface area contributed by atoms with Gasteiger partial charge in [0.05, 0.1) is 7.11 Å². The first kappa shape index (κ1) is 24.3. The summed E-state index contributed by atoms with van der Waals surface area (Å²) in [5.41, 5.74) is 2.72. The number of esters is 1. The molecule has 1 aromatic heterocycles. The normalized spacial score (nSPS) is 10.9. The highest BCUT2D eigenvalue weighted by Crippen LogP contribution is 2.27. The fourth-order valence-electron chi connectivity index (χ4n) is 3.47.